The minimum Gasteiger partial charge on any atom is -0.352 e. The summed E-state index contributed by atoms with van der Waals surface area (Å²) in [6.07, 6.45) is 1.39. The molecule has 0 spiro atoms. The van der Waals surface area contributed by atoms with Crippen molar-refractivity contribution in [2.45, 2.75) is 65.6 Å². The van der Waals surface area contributed by atoms with Gasteiger partial charge in [0.05, 0.1) is 6.42 Å². The smallest absolute Gasteiger partial charge is 0.243 e. The third-order valence-corrected chi connectivity index (χ3v) is 7.06. The van der Waals surface area contributed by atoms with Crippen LogP contribution in [-0.4, -0.2) is 28.8 Å². The molecule has 2 atom stereocenters. The minimum atomic E-state index is -0.703. The molecule has 0 saturated carbocycles. The lowest BCUT2D eigenvalue weighted by Crippen LogP contribution is -2.52. The van der Waals surface area contributed by atoms with Gasteiger partial charge in [-0.2, -0.15) is 0 Å². The fourth-order valence-electron chi connectivity index (χ4n) is 4.08. The second-order valence-electron chi connectivity index (χ2n) is 9.39. The standard InChI is InChI=1S/C30H34Cl2N2O2/c1-5-22(4)33-30(36)28(16-23-9-7-6-8-10-23)34(19-24-13-14-26(31)18-27(24)32)29(35)17-25-15-20(2)11-12-21(25)3/h6-15,18,22,28H,5,16-17,19H2,1-4H3,(H,33,36). The third-order valence-electron chi connectivity index (χ3n) is 6.47. The normalized spacial score (nSPS) is 12.6. The van der Waals surface area contributed by atoms with Crippen LogP contribution in [0.25, 0.3) is 0 Å². The molecule has 3 aromatic rings. The van der Waals surface area contributed by atoms with E-state index in [2.05, 4.69) is 5.32 Å². The number of carbonyl (C=O) groups excluding carboxylic acids is 2. The van der Waals surface area contributed by atoms with Gasteiger partial charge in [0.15, 0.2) is 0 Å². The van der Waals surface area contributed by atoms with Crippen LogP contribution in [0.2, 0.25) is 10.0 Å². The SMILES string of the molecule is CCC(C)NC(=O)C(Cc1ccccc1)N(Cc1ccc(Cl)cc1Cl)C(=O)Cc1cc(C)ccc1C. The Morgan fingerprint density at radius 1 is 0.944 bits per heavy atom. The summed E-state index contributed by atoms with van der Waals surface area (Å²) in [7, 11) is 0. The molecule has 0 aliphatic carbocycles. The number of hydrogen-bond acceptors (Lipinski definition) is 2. The largest absolute Gasteiger partial charge is 0.352 e. The van der Waals surface area contributed by atoms with Gasteiger partial charge in [-0.1, -0.05) is 90.3 Å². The van der Waals surface area contributed by atoms with Crippen LogP contribution >= 0.6 is 23.2 Å². The Bertz CT molecular complexity index is 1200. The number of aryl methyl sites for hydroxylation is 2. The van der Waals surface area contributed by atoms with E-state index in [4.69, 9.17) is 23.2 Å². The number of nitrogens with one attached hydrogen (secondary N) is 1. The number of halogens is 2. The zero-order chi connectivity index (χ0) is 26.2. The molecule has 0 saturated heterocycles. The first kappa shape index (κ1) is 27.8. The van der Waals surface area contributed by atoms with Crippen LogP contribution in [0, 0.1) is 13.8 Å². The van der Waals surface area contributed by atoms with Gasteiger partial charge in [0.1, 0.15) is 6.04 Å². The van der Waals surface area contributed by atoms with Crippen molar-refractivity contribution in [3.63, 3.8) is 0 Å². The van der Waals surface area contributed by atoms with Crippen molar-refractivity contribution in [2.75, 3.05) is 0 Å². The lowest BCUT2D eigenvalue weighted by molar-refractivity contribution is -0.141. The molecule has 3 aromatic carbocycles. The zero-order valence-corrected chi connectivity index (χ0v) is 22.9. The molecule has 0 fully saturated rings. The Morgan fingerprint density at radius 3 is 2.33 bits per heavy atom. The average molecular weight is 526 g/mol. The molecule has 0 aromatic heterocycles. The quantitative estimate of drug-likeness (QED) is 0.320. The summed E-state index contributed by atoms with van der Waals surface area (Å²) in [4.78, 5) is 29.2. The molecule has 6 heteroatoms. The maximum atomic E-state index is 13.9. The number of amides is 2. The van der Waals surface area contributed by atoms with Gasteiger partial charge in [-0.15, -0.1) is 0 Å². The Balaban J connectivity index is 2.03. The summed E-state index contributed by atoms with van der Waals surface area (Å²) in [5.74, 6) is -0.303. The molecule has 0 radical (unpaired) electrons. The monoisotopic (exact) mass is 524 g/mol. The number of hydrogen-bond donors (Lipinski definition) is 1. The van der Waals surface area contributed by atoms with Crippen molar-refractivity contribution in [1.82, 2.24) is 10.2 Å². The van der Waals surface area contributed by atoms with Gasteiger partial charge in [0.25, 0.3) is 0 Å². The van der Waals surface area contributed by atoms with E-state index in [0.29, 0.717) is 16.5 Å². The summed E-state index contributed by atoms with van der Waals surface area (Å²) >= 11 is 12.6. The first-order valence-corrected chi connectivity index (χ1v) is 13.1. The molecule has 0 bridgehead atoms. The molecule has 4 nitrogen and oxygen atoms in total. The van der Waals surface area contributed by atoms with Crippen LogP contribution in [0.3, 0.4) is 0 Å². The molecule has 1 N–H and O–H groups in total. The Labute approximate surface area is 224 Å². The summed E-state index contributed by atoms with van der Waals surface area (Å²) in [5.41, 5.74) is 4.81. The van der Waals surface area contributed by atoms with Crippen LogP contribution in [0.1, 0.15) is 48.1 Å². The topological polar surface area (TPSA) is 49.4 Å². The van der Waals surface area contributed by atoms with Crippen molar-refractivity contribution in [2.24, 2.45) is 0 Å². The molecule has 2 unspecified atom stereocenters. The van der Waals surface area contributed by atoms with Crippen molar-refractivity contribution in [3.8, 4) is 0 Å². The number of carbonyl (C=O) groups is 2. The van der Waals surface area contributed by atoms with Gasteiger partial charge in [0, 0.05) is 29.1 Å². The second kappa shape index (κ2) is 12.9. The Hall–Kier alpha value is -2.82. The van der Waals surface area contributed by atoms with E-state index < -0.39 is 6.04 Å². The van der Waals surface area contributed by atoms with Crippen LogP contribution in [0.15, 0.2) is 66.7 Å². The Kier molecular flexibility index (Phi) is 9.98. The number of benzene rings is 3. The van der Waals surface area contributed by atoms with E-state index in [-0.39, 0.29) is 30.8 Å². The third kappa shape index (κ3) is 7.59. The maximum absolute atomic E-state index is 13.9. The van der Waals surface area contributed by atoms with E-state index in [0.717, 1.165) is 34.2 Å². The molecular weight excluding hydrogens is 491 g/mol. The van der Waals surface area contributed by atoms with Crippen LogP contribution in [0.5, 0.6) is 0 Å². The van der Waals surface area contributed by atoms with Gasteiger partial charge >= 0.3 is 0 Å². The predicted octanol–water partition coefficient (Wildman–Crippen LogP) is 6.71. The second-order valence-corrected chi connectivity index (χ2v) is 10.2. The maximum Gasteiger partial charge on any atom is 0.243 e. The van der Waals surface area contributed by atoms with Crippen molar-refractivity contribution >= 4 is 35.0 Å². The van der Waals surface area contributed by atoms with Gasteiger partial charge in [-0.25, -0.2) is 0 Å². The van der Waals surface area contributed by atoms with E-state index in [1.807, 2.05) is 82.3 Å². The molecular formula is C30H34Cl2N2O2. The fraction of sp³-hybridized carbons (Fsp3) is 0.333. The lowest BCUT2D eigenvalue weighted by atomic mass is 9.99. The summed E-state index contributed by atoms with van der Waals surface area (Å²) < 4.78 is 0. The number of rotatable bonds is 10. The average Bonchev–Trinajstić information content (AvgIpc) is 2.85. The first-order chi connectivity index (χ1) is 17.2. The molecule has 0 aliphatic heterocycles. The van der Waals surface area contributed by atoms with Crippen LogP contribution in [-0.2, 0) is 29.0 Å². The zero-order valence-electron chi connectivity index (χ0n) is 21.4. The van der Waals surface area contributed by atoms with Crippen molar-refractivity contribution in [1.29, 1.82) is 0 Å². The highest BCUT2D eigenvalue weighted by Gasteiger charge is 2.31. The highest BCUT2D eigenvalue weighted by molar-refractivity contribution is 6.35. The summed E-state index contributed by atoms with van der Waals surface area (Å²) in [6, 6.07) is 20.4. The van der Waals surface area contributed by atoms with Gasteiger partial charge < -0.3 is 10.2 Å². The highest BCUT2D eigenvalue weighted by atomic mass is 35.5. The highest BCUT2D eigenvalue weighted by Crippen LogP contribution is 2.25. The lowest BCUT2D eigenvalue weighted by Gasteiger charge is -2.33. The first-order valence-electron chi connectivity index (χ1n) is 12.3. The van der Waals surface area contributed by atoms with E-state index in [9.17, 15) is 9.59 Å². The van der Waals surface area contributed by atoms with Gasteiger partial charge in [-0.05, 0) is 61.6 Å². The van der Waals surface area contributed by atoms with Crippen LogP contribution < -0.4 is 5.32 Å². The Morgan fingerprint density at radius 2 is 1.67 bits per heavy atom. The van der Waals surface area contributed by atoms with Gasteiger partial charge in [0.2, 0.25) is 11.8 Å². The summed E-state index contributed by atoms with van der Waals surface area (Å²) in [5, 5.41) is 4.08. The molecule has 190 valence electrons. The van der Waals surface area contributed by atoms with Crippen LogP contribution in [0.4, 0.5) is 0 Å². The van der Waals surface area contributed by atoms with E-state index in [1.165, 1.54) is 0 Å². The van der Waals surface area contributed by atoms with Crippen molar-refractivity contribution in [3.05, 3.63) is 105 Å². The van der Waals surface area contributed by atoms with Gasteiger partial charge in [-0.3, -0.25) is 9.59 Å². The van der Waals surface area contributed by atoms with E-state index in [1.54, 1.807) is 17.0 Å². The minimum absolute atomic E-state index is 0.00846. The number of nitrogens with zero attached hydrogens (tertiary/aromatic N) is 1. The molecule has 3 rings (SSSR count). The molecule has 0 aliphatic rings. The van der Waals surface area contributed by atoms with Crippen molar-refractivity contribution < 1.29 is 9.59 Å². The molecule has 2 amide bonds. The molecule has 0 heterocycles. The fourth-order valence-corrected chi connectivity index (χ4v) is 4.55. The summed E-state index contributed by atoms with van der Waals surface area (Å²) in [6.45, 7) is 8.20. The predicted molar refractivity (Wildman–Crippen MR) is 148 cm³/mol. The molecule has 36 heavy (non-hydrogen) atoms. The van der Waals surface area contributed by atoms with E-state index >= 15 is 0 Å².